The van der Waals surface area contributed by atoms with Crippen LogP contribution in [0.3, 0.4) is 0 Å². The summed E-state index contributed by atoms with van der Waals surface area (Å²) >= 11 is 6.10. The quantitative estimate of drug-likeness (QED) is 0.320. The van der Waals surface area contributed by atoms with Crippen LogP contribution >= 0.6 is 11.6 Å². The van der Waals surface area contributed by atoms with Gasteiger partial charge in [0.25, 0.3) is 10.0 Å². The van der Waals surface area contributed by atoms with Crippen molar-refractivity contribution >= 4 is 33.1 Å². The molecular weight excluding hydrogens is 491 g/mol. The highest BCUT2D eigenvalue weighted by Crippen LogP contribution is 2.39. The fourth-order valence-corrected chi connectivity index (χ4v) is 5.19. The van der Waals surface area contributed by atoms with Crippen molar-refractivity contribution in [3.8, 4) is 0 Å². The summed E-state index contributed by atoms with van der Waals surface area (Å²) in [5.74, 6) is -4.35. The summed E-state index contributed by atoms with van der Waals surface area (Å²) in [5.41, 5.74) is -0.610. The molecule has 3 rings (SSSR count). The van der Waals surface area contributed by atoms with Crippen LogP contribution in [0.25, 0.3) is 0 Å². The molecule has 1 N–H and O–H groups in total. The molecule has 182 valence electrons. The number of hydrogen-bond donors (Lipinski definition) is 1. The first-order chi connectivity index (χ1) is 15.3. The number of halogens is 6. The Morgan fingerprint density at radius 1 is 1.30 bits per heavy atom. The Morgan fingerprint density at radius 2 is 2.00 bits per heavy atom. The summed E-state index contributed by atoms with van der Waals surface area (Å²) in [4.78, 5) is 5.32. The summed E-state index contributed by atoms with van der Waals surface area (Å²) < 4.78 is 95.2. The number of alkyl halides is 2. The van der Waals surface area contributed by atoms with Gasteiger partial charge in [-0.1, -0.05) is 17.7 Å². The highest BCUT2D eigenvalue weighted by Gasteiger charge is 2.39. The molecule has 1 saturated heterocycles. The predicted molar refractivity (Wildman–Crippen MR) is 115 cm³/mol. The molecular formula is C20H22ClF5N4O2S. The summed E-state index contributed by atoms with van der Waals surface area (Å²) in [6.45, 7) is 2.54. The Bertz CT molecular complexity index is 1140. The van der Waals surface area contributed by atoms with Crippen LogP contribution in [-0.4, -0.2) is 56.9 Å². The van der Waals surface area contributed by atoms with E-state index in [4.69, 9.17) is 11.6 Å². The molecule has 0 bridgehead atoms. The Hall–Kier alpha value is -2.18. The van der Waals surface area contributed by atoms with Gasteiger partial charge in [-0.3, -0.25) is 9.62 Å². The fourth-order valence-electron chi connectivity index (χ4n) is 3.72. The molecule has 6 nitrogen and oxygen atoms in total. The van der Waals surface area contributed by atoms with Gasteiger partial charge in [-0.2, -0.15) is 4.39 Å². The van der Waals surface area contributed by atoms with Gasteiger partial charge in [0, 0.05) is 37.7 Å². The fraction of sp³-hybridized carbons (Fsp3) is 0.450. The second-order valence-corrected chi connectivity index (χ2v) is 10.1. The van der Waals surface area contributed by atoms with Crippen LogP contribution in [0.4, 0.5) is 33.5 Å². The number of nitrogens with zero attached hydrogens (tertiary/aromatic N) is 3. The van der Waals surface area contributed by atoms with Gasteiger partial charge in [-0.15, -0.1) is 0 Å². The van der Waals surface area contributed by atoms with Crippen molar-refractivity contribution < 1.29 is 30.4 Å². The third-order valence-corrected chi connectivity index (χ3v) is 7.47. The van der Waals surface area contributed by atoms with E-state index in [1.54, 1.807) is 16.8 Å². The van der Waals surface area contributed by atoms with E-state index >= 15 is 4.39 Å². The number of likely N-dealkylation sites (N-methyl/N-ethyl adjacent to an activating group) is 1. The standard InChI is InChI=1S/C20H22ClF5N4O2S/c1-20(29(2)8-6-14(23)24)7-9-30(11-20)13-10-12(22)19(18(26)17(13)21)33(31,32)28-16-5-3-4-15(25)27-16/h3-5,10,14H,6-9,11H2,1-2H3,(H,27,28)/t20-/m1/s1. The van der Waals surface area contributed by atoms with Crippen LogP contribution in [0.15, 0.2) is 29.2 Å². The van der Waals surface area contributed by atoms with Gasteiger partial charge >= 0.3 is 0 Å². The minimum Gasteiger partial charge on any atom is -0.368 e. The molecule has 0 amide bonds. The first kappa shape index (κ1) is 25.4. The zero-order chi connectivity index (χ0) is 24.6. The van der Waals surface area contributed by atoms with Crippen LogP contribution in [0.2, 0.25) is 5.02 Å². The summed E-state index contributed by atoms with van der Waals surface area (Å²) in [6.07, 6.45) is -2.24. The van der Waals surface area contributed by atoms with E-state index in [9.17, 15) is 26.0 Å². The maximum Gasteiger partial charge on any atom is 0.268 e. The lowest BCUT2D eigenvalue weighted by Gasteiger charge is -2.35. The van der Waals surface area contributed by atoms with Crippen LogP contribution in [0, 0.1) is 17.6 Å². The molecule has 0 saturated carbocycles. The molecule has 0 unspecified atom stereocenters. The van der Waals surface area contributed by atoms with Gasteiger partial charge in [0.15, 0.2) is 10.7 Å². The van der Waals surface area contributed by atoms with Crippen LogP contribution in [0.1, 0.15) is 19.8 Å². The van der Waals surface area contributed by atoms with Gasteiger partial charge in [-0.05, 0) is 32.5 Å². The van der Waals surface area contributed by atoms with Gasteiger partial charge in [0.2, 0.25) is 12.4 Å². The van der Waals surface area contributed by atoms with Crippen molar-refractivity contribution in [2.75, 3.05) is 36.3 Å². The molecule has 2 aromatic rings. The van der Waals surface area contributed by atoms with Gasteiger partial charge in [0.1, 0.15) is 16.7 Å². The van der Waals surface area contributed by atoms with Crippen molar-refractivity contribution in [2.24, 2.45) is 0 Å². The van der Waals surface area contributed by atoms with E-state index in [-0.39, 0.29) is 25.2 Å². The third kappa shape index (κ3) is 5.49. The number of rotatable bonds is 8. The summed E-state index contributed by atoms with van der Waals surface area (Å²) in [7, 11) is -3.13. The van der Waals surface area contributed by atoms with E-state index < -0.39 is 55.3 Å². The SMILES string of the molecule is CN(CCC(F)F)[C@]1(C)CCN(c2cc(F)c(S(=O)(=O)Nc3cccc(F)n3)c(F)c2Cl)C1. The first-order valence-electron chi connectivity index (χ1n) is 9.91. The summed E-state index contributed by atoms with van der Waals surface area (Å²) in [6, 6.07) is 4.07. The molecule has 1 atom stereocenters. The number of benzene rings is 1. The molecule has 1 fully saturated rings. The van der Waals surface area contributed by atoms with Crippen molar-refractivity contribution in [1.82, 2.24) is 9.88 Å². The lowest BCUT2D eigenvalue weighted by molar-refractivity contribution is 0.0911. The zero-order valence-electron chi connectivity index (χ0n) is 17.8. The average molecular weight is 513 g/mol. The Kier molecular flexibility index (Phi) is 7.39. The zero-order valence-corrected chi connectivity index (χ0v) is 19.3. The normalized spacial score (nSPS) is 19.0. The number of aromatic nitrogens is 1. The molecule has 0 aliphatic carbocycles. The predicted octanol–water partition coefficient (Wildman–Crippen LogP) is 4.51. The van der Waals surface area contributed by atoms with Crippen LogP contribution in [0.5, 0.6) is 0 Å². The van der Waals surface area contributed by atoms with Crippen LogP contribution in [-0.2, 0) is 10.0 Å². The molecule has 1 aromatic carbocycles. The molecule has 1 aliphatic heterocycles. The monoisotopic (exact) mass is 512 g/mol. The third-order valence-electron chi connectivity index (χ3n) is 5.72. The maximum absolute atomic E-state index is 15.0. The number of pyridine rings is 1. The van der Waals surface area contributed by atoms with E-state index in [0.717, 1.165) is 18.2 Å². The topological polar surface area (TPSA) is 65.5 Å². The minimum absolute atomic E-state index is 0.0551. The maximum atomic E-state index is 15.0. The molecule has 0 spiro atoms. The number of sulfonamides is 1. The van der Waals surface area contributed by atoms with Crippen LogP contribution < -0.4 is 9.62 Å². The largest absolute Gasteiger partial charge is 0.368 e. The lowest BCUT2D eigenvalue weighted by atomic mass is 9.99. The average Bonchev–Trinajstić information content (AvgIpc) is 3.11. The molecule has 2 heterocycles. The Labute approximate surface area is 193 Å². The second kappa shape index (κ2) is 9.59. The van der Waals surface area contributed by atoms with Crippen molar-refractivity contribution in [2.45, 2.75) is 36.6 Å². The summed E-state index contributed by atoms with van der Waals surface area (Å²) in [5, 5.41) is -0.608. The van der Waals surface area contributed by atoms with E-state index in [1.807, 2.05) is 11.6 Å². The van der Waals surface area contributed by atoms with Gasteiger partial charge < -0.3 is 4.90 Å². The minimum atomic E-state index is -4.82. The number of anilines is 2. The molecule has 0 radical (unpaired) electrons. The van der Waals surface area contributed by atoms with Gasteiger partial charge in [-0.25, -0.2) is 31.0 Å². The van der Waals surface area contributed by atoms with E-state index in [0.29, 0.717) is 13.0 Å². The number of nitrogens with one attached hydrogen (secondary N) is 1. The smallest absolute Gasteiger partial charge is 0.268 e. The lowest BCUT2D eigenvalue weighted by Crippen LogP contribution is -2.46. The Balaban J connectivity index is 1.87. The van der Waals surface area contributed by atoms with Crippen molar-refractivity contribution in [3.63, 3.8) is 0 Å². The molecule has 1 aliphatic rings. The van der Waals surface area contributed by atoms with E-state index in [2.05, 4.69) is 4.98 Å². The highest BCUT2D eigenvalue weighted by molar-refractivity contribution is 7.92. The molecule has 13 heteroatoms. The highest BCUT2D eigenvalue weighted by atomic mass is 35.5. The molecule has 33 heavy (non-hydrogen) atoms. The van der Waals surface area contributed by atoms with E-state index in [1.165, 1.54) is 6.07 Å². The Morgan fingerprint density at radius 3 is 2.64 bits per heavy atom. The van der Waals surface area contributed by atoms with Crippen molar-refractivity contribution in [1.29, 1.82) is 0 Å². The van der Waals surface area contributed by atoms with Crippen molar-refractivity contribution in [3.05, 3.63) is 46.9 Å². The first-order valence-corrected chi connectivity index (χ1v) is 11.8. The molecule has 1 aromatic heterocycles. The number of hydrogen-bond acceptors (Lipinski definition) is 5. The van der Waals surface area contributed by atoms with Gasteiger partial charge in [0.05, 0.1) is 5.69 Å². The second-order valence-electron chi connectivity index (χ2n) is 8.06.